The van der Waals surface area contributed by atoms with Gasteiger partial charge in [-0.05, 0) is 0 Å². The zero-order chi connectivity index (χ0) is 14.2. The summed E-state index contributed by atoms with van der Waals surface area (Å²) in [4.78, 5) is 16.0. The van der Waals surface area contributed by atoms with Gasteiger partial charge in [0.1, 0.15) is 0 Å². The van der Waals surface area contributed by atoms with Gasteiger partial charge in [0.2, 0.25) is 0 Å². The number of rotatable bonds is 2. The lowest BCUT2D eigenvalue weighted by atomic mass is 10.3. The third-order valence-corrected chi connectivity index (χ3v) is 3.35. The Bertz CT molecular complexity index is 666. The Morgan fingerprint density at radius 2 is 1.79 bits per heavy atom. The van der Waals surface area contributed by atoms with Crippen LogP contribution in [0.4, 0.5) is 5.69 Å². The van der Waals surface area contributed by atoms with Crippen molar-refractivity contribution in [1.29, 1.82) is 0 Å². The SMILES string of the molecule is CN(C)c1cc[n+](-c2[nH]c(=O)c(Cl)c(O)c2Cl)cc1. The minimum atomic E-state index is -0.595. The van der Waals surface area contributed by atoms with Gasteiger partial charge in [0, 0.05) is 31.9 Å². The van der Waals surface area contributed by atoms with Crippen LogP contribution in [0.1, 0.15) is 0 Å². The first kappa shape index (κ1) is 13.7. The quantitative estimate of drug-likeness (QED) is 0.831. The molecule has 0 aliphatic heterocycles. The van der Waals surface area contributed by atoms with E-state index in [1.54, 1.807) is 17.0 Å². The lowest BCUT2D eigenvalue weighted by Gasteiger charge is -2.11. The molecule has 0 radical (unpaired) electrons. The maximum atomic E-state index is 11.5. The summed E-state index contributed by atoms with van der Waals surface area (Å²) in [6.07, 6.45) is 3.44. The number of aromatic amines is 1. The minimum Gasteiger partial charge on any atom is -0.504 e. The van der Waals surface area contributed by atoms with Crippen LogP contribution < -0.4 is 15.0 Å². The van der Waals surface area contributed by atoms with Crippen molar-refractivity contribution in [1.82, 2.24) is 4.98 Å². The van der Waals surface area contributed by atoms with E-state index in [2.05, 4.69) is 4.98 Å². The highest BCUT2D eigenvalue weighted by atomic mass is 35.5. The number of halogens is 2. The molecule has 2 heterocycles. The van der Waals surface area contributed by atoms with Gasteiger partial charge in [-0.1, -0.05) is 23.2 Å². The van der Waals surface area contributed by atoms with E-state index in [0.717, 1.165) is 5.69 Å². The molecule has 0 unspecified atom stereocenters. The predicted molar refractivity (Wildman–Crippen MR) is 74.6 cm³/mol. The Balaban J connectivity index is 2.56. The molecule has 5 nitrogen and oxygen atoms in total. The van der Waals surface area contributed by atoms with E-state index >= 15 is 0 Å². The van der Waals surface area contributed by atoms with Crippen LogP contribution in [0.3, 0.4) is 0 Å². The van der Waals surface area contributed by atoms with E-state index in [9.17, 15) is 9.90 Å². The van der Waals surface area contributed by atoms with E-state index in [1.165, 1.54) is 0 Å². The second-order valence-electron chi connectivity index (χ2n) is 4.14. The molecule has 7 heteroatoms. The first-order chi connectivity index (χ1) is 8.91. The van der Waals surface area contributed by atoms with E-state index in [-0.39, 0.29) is 15.9 Å². The number of nitrogens with one attached hydrogen (secondary N) is 1. The highest BCUT2D eigenvalue weighted by Crippen LogP contribution is 2.30. The van der Waals surface area contributed by atoms with Crippen LogP contribution in [0.2, 0.25) is 10.0 Å². The van der Waals surface area contributed by atoms with Gasteiger partial charge in [0.25, 0.3) is 0 Å². The summed E-state index contributed by atoms with van der Waals surface area (Å²) in [5.41, 5.74) is 0.399. The highest BCUT2D eigenvalue weighted by Gasteiger charge is 2.21. The molecule has 2 aromatic heterocycles. The molecule has 2 N–H and O–H groups in total. The summed E-state index contributed by atoms with van der Waals surface area (Å²) < 4.78 is 1.59. The van der Waals surface area contributed by atoms with Gasteiger partial charge in [0.05, 0.1) is 12.4 Å². The summed E-state index contributed by atoms with van der Waals surface area (Å²) in [5, 5.41) is 9.34. The molecule has 2 aromatic rings. The molecule has 0 fully saturated rings. The fourth-order valence-corrected chi connectivity index (χ4v) is 2.01. The third kappa shape index (κ3) is 2.52. The lowest BCUT2D eigenvalue weighted by molar-refractivity contribution is -0.599. The van der Waals surface area contributed by atoms with Gasteiger partial charge >= 0.3 is 11.4 Å². The van der Waals surface area contributed by atoms with Crippen LogP contribution >= 0.6 is 23.2 Å². The van der Waals surface area contributed by atoms with Gasteiger partial charge in [-0.25, -0.2) is 14.3 Å². The molecule has 2 rings (SSSR count). The monoisotopic (exact) mass is 300 g/mol. The number of aromatic nitrogens is 2. The first-order valence-electron chi connectivity index (χ1n) is 5.41. The van der Waals surface area contributed by atoms with Gasteiger partial charge < -0.3 is 10.0 Å². The number of aromatic hydroxyl groups is 1. The van der Waals surface area contributed by atoms with E-state index in [1.807, 2.05) is 31.1 Å². The summed E-state index contributed by atoms with van der Waals surface area (Å²) in [7, 11) is 3.84. The van der Waals surface area contributed by atoms with Gasteiger partial charge in [-0.2, -0.15) is 0 Å². The van der Waals surface area contributed by atoms with Crippen molar-refractivity contribution >= 4 is 28.9 Å². The Kier molecular flexibility index (Phi) is 3.68. The predicted octanol–water partition coefficient (Wildman–Crippen LogP) is 1.73. The number of nitrogens with zero attached hydrogens (tertiary/aromatic N) is 2. The average molecular weight is 301 g/mol. The maximum Gasteiger partial charge on any atom is 0.354 e. The van der Waals surface area contributed by atoms with E-state index in [0.29, 0.717) is 0 Å². The third-order valence-electron chi connectivity index (χ3n) is 2.64. The molecule has 0 aliphatic carbocycles. The fourth-order valence-electron chi connectivity index (χ4n) is 1.58. The van der Waals surface area contributed by atoms with Crippen molar-refractivity contribution in [3.8, 4) is 11.6 Å². The van der Waals surface area contributed by atoms with E-state index < -0.39 is 11.3 Å². The zero-order valence-electron chi connectivity index (χ0n) is 10.3. The summed E-state index contributed by atoms with van der Waals surface area (Å²) in [6, 6.07) is 3.70. The van der Waals surface area contributed by atoms with Gasteiger partial charge in [0.15, 0.2) is 15.8 Å². The normalized spacial score (nSPS) is 10.5. The molecule has 0 spiro atoms. The smallest absolute Gasteiger partial charge is 0.354 e. The number of H-pyrrole nitrogens is 1. The zero-order valence-corrected chi connectivity index (χ0v) is 11.8. The van der Waals surface area contributed by atoms with Crippen LogP contribution in [-0.2, 0) is 0 Å². The molecule has 19 heavy (non-hydrogen) atoms. The van der Waals surface area contributed by atoms with Crippen LogP contribution in [0.5, 0.6) is 5.75 Å². The topological polar surface area (TPSA) is 60.2 Å². The van der Waals surface area contributed by atoms with Crippen molar-refractivity contribution in [3.63, 3.8) is 0 Å². The molecule has 0 atom stereocenters. The summed E-state index contributed by atoms with van der Waals surface area (Å²) in [6.45, 7) is 0. The molecule has 0 saturated heterocycles. The van der Waals surface area contributed by atoms with Crippen molar-refractivity contribution in [2.45, 2.75) is 0 Å². The van der Waals surface area contributed by atoms with E-state index in [4.69, 9.17) is 23.2 Å². The van der Waals surface area contributed by atoms with Gasteiger partial charge in [-0.3, -0.25) is 0 Å². The van der Waals surface area contributed by atoms with Crippen molar-refractivity contribution in [2.24, 2.45) is 0 Å². The minimum absolute atomic E-state index is 0.00722. The van der Waals surface area contributed by atoms with Gasteiger partial charge in [-0.15, -0.1) is 0 Å². The van der Waals surface area contributed by atoms with Crippen LogP contribution in [-0.4, -0.2) is 24.2 Å². The Hall–Kier alpha value is -1.72. The molecule has 0 aliphatic rings. The average Bonchev–Trinajstić information content (AvgIpc) is 2.40. The number of pyridine rings is 2. The van der Waals surface area contributed by atoms with Crippen LogP contribution in [0.15, 0.2) is 29.3 Å². The number of hydrogen-bond donors (Lipinski definition) is 2. The van der Waals surface area contributed by atoms with Crippen molar-refractivity contribution < 1.29 is 9.67 Å². The Morgan fingerprint density at radius 3 is 2.32 bits per heavy atom. The second-order valence-corrected chi connectivity index (χ2v) is 4.89. The second kappa shape index (κ2) is 5.11. The molecular formula is C12H12Cl2N3O2+. The van der Waals surface area contributed by atoms with Crippen LogP contribution in [0.25, 0.3) is 5.82 Å². The van der Waals surface area contributed by atoms with Crippen LogP contribution in [0, 0.1) is 0 Å². The first-order valence-corrected chi connectivity index (χ1v) is 6.16. The summed E-state index contributed by atoms with van der Waals surface area (Å²) in [5.74, 6) is -0.162. The van der Waals surface area contributed by atoms with Crippen molar-refractivity contribution in [2.75, 3.05) is 19.0 Å². The standard InChI is InChI=1S/C12H11Cl2N3O2/c1-16(2)7-3-5-17(6-4-7)11-8(13)10(18)9(14)12(19)15-11/h3-6H,1-2H3,(H-,15,18,19)/p+1. The Morgan fingerprint density at radius 1 is 1.21 bits per heavy atom. The fraction of sp³-hybridized carbons (Fsp3) is 0.167. The maximum absolute atomic E-state index is 11.5. The number of hydrogen-bond acceptors (Lipinski definition) is 3. The molecule has 0 saturated carbocycles. The van der Waals surface area contributed by atoms with Crippen molar-refractivity contribution in [3.05, 3.63) is 44.9 Å². The molecular weight excluding hydrogens is 289 g/mol. The summed E-state index contributed by atoms with van der Waals surface area (Å²) >= 11 is 11.6. The Labute approximate surface area is 119 Å². The lowest BCUT2D eigenvalue weighted by Crippen LogP contribution is -2.34. The molecule has 0 aromatic carbocycles. The molecule has 0 bridgehead atoms. The largest absolute Gasteiger partial charge is 0.504 e. The molecule has 0 amide bonds. The molecule has 100 valence electrons. The number of anilines is 1. The highest BCUT2D eigenvalue weighted by molar-refractivity contribution is 6.37.